The largest absolute Gasteiger partial charge is 0.453 e. The molecular weight excluding hydrogens is 162 g/mol. The van der Waals surface area contributed by atoms with E-state index in [9.17, 15) is 9.59 Å². The van der Waals surface area contributed by atoms with Crippen LogP contribution < -0.4 is 10.9 Å². The van der Waals surface area contributed by atoms with E-state index in [0.29, 0.717) is 5.69 Å². The van der Waals surface area contributed by atoms with E-state index in [1.54, 1.807) is 0 Å². The highest BCUT2D eigenvalue weighted by Crippen LogP contribution is 1.85. The Balaban J connectivity index is 2.43. The predicted molar refractivity (Wildman–Crippen MR) is 40.7 cm³/mol. The third-order valence-electron chi connectivity index (χ3n) is 1.26. The first-order valence-electron chi connectivity index (χ1n) is 3.31. The first-order chi connectivity index (χ1) is 5.72. The zero-order chi connectivity index (χ0) is 8.97. The maximum absolute atomic E-state index is 10.6. The fourth-order valence-corrected chi connectivity index (χ4v) is 0.707. The van der Waals surface area contributed by atoms with Crippen LogP contribution in [0.3, 0.4) is 0 Å². The van der Waals surface area contributed by atoms with Crippen molar-refractivity contribution in [2.45, 2.75) is 6.54 Å². The van der Waals surface area contributed by atoms with Crippen LogP contribution in [0.5, 0.6) is 0 Å². The number of methoxy groups -OCH3 is 1. The number of carbonyl (C=O) groups excluding carboxylic acids is 1. The van der Waals surface area contributed by atoms with Gasteiger partial charge in [0.15, 0.2) is 0 Å². The van der Waals surface area contributed by atoms with Crippen molar-refractivity contribution in [3.8, 4) is 0 Å². The van der Waals surface area contributed by atoms with Crippen LogP contribution in [0.2, 0.25) is 0 Å². The molecule has 0 atom stereocenters. The Morgan fingerprint density at radius 3 is 2.92 bits per heavy atom. The van der Waals surface area contributed by atoms with Gasteiger partial charge in [-0.3, -0.25) is 9.89 Å². The first kappa shape index (κ1) is 8.38. The Bertz CT molecular complexity index is 314. The molecule has 1 aromatic heterocycles. The molecule has 1 aromatic rings. The number of ether oxygens (including phenoxy) is 1. The van der Waals surface area contributed by atoms with E-state index in [4.69, 9.17) is 0 Å². The lowest BCUT2D eigenvalue weighted by Gasteiger charge is -1.99. The van der Waals surface area contributed by atoms with Crippen molar-refractivity contribution < 1.29 is 9.53 Å². The number of aromatic nitrogens is 2. The van der Waals surface area contributed by atoms with Crippen molar-refractivity contribution in [3.63, 3.8) is 0 Å². The Kier molecular flexibility index (Phi) is 2.52. The zero-order valence-electron chi connectivity index (χ0n) is 6.51. The number of rotatable bonds is 2. The fourth-order valence-electron chi connectivity index (χ4n) is 0.707. The van der Waals surface area contributed by atoms with Gasteiger partial charge in [-0.05, 0) is 0 Å². The molecule has 0 bridgehead atoms. The summed E-state index contributed by atoms with van der Waals surface area (Å²) in [5, 5.41) is 7.33. The monoisotopic (exact) mass is 171 g/mol. The Morgan fingerprint density at radius 2 is 2.42 bits per heavy atom. The van der Waals surface area contributed by atoms with Crippen LogP contribution in [0, 0.1) is 0 Å². The molecule has 0 aliphatic rings. The molecular formula is C6H9N3O3. The lowest BCUT2D eigenvalue weighted by Crippen LogP contribution is -2.22. The minimum Gasteiger partial charge on any atom is -0.453 e. The topological polar surface area (TPSA) is 87.0 Å². The number of aromatic amines is 2. The number of hydrogen-bond acceptors (Lipinski definition) is 3. The highest BCUT2D eigenvalue weighted by Gasteiger charge is 1.99. The second-order valence-corrected chi connectivity index (χ2v) is 2.13. The number of carbonyl (C=O) groups is 1. The van der Waals surface area contributed by atoms with Crippen molar-refractivity contribution in [1.29, 1.82) is 0 Å². The van der Waals surface area contributed by atoms with E-state index in [1.165, 1.54) is 13.2 Å². The molecule has 0 aliphatic heterocycles. The molecule has 1 amide bonds. The molecule has 0 aromatic carbocycles. The molecule has 12 heavy (non-hydrogen) atoms. The molecule has 66 valence electrons. The van der Waals surface area contributed by atoms with Crippen LogP contribution in [-0.4, -0.2) is 23.4 Å². The lowest BCUT2D eigenvalue weighted by atomic mass is 10.4. The van der Waals surface area contributed by atoms with E-state index >= 15 is 0 Å². The second-order valence-electron chi connectivity index (χ2n) is 2.13. The van der Waals surface area contributed by atoms with Crippen molar-refractivity contribution in [1.82, 2.24) is 15.5 Å². The Labute approximate surface area is 67.9 Å². The van der Waals surface area contributed by atoms with Gasteiger partial charge in [0.2, 0.25) is 0 Å². The number of H-pyrrole nitrogens is 2. The average Bonchev–Trinajstić information content (AvgIpc) is 2.47. The summed E-state index contributed by atoms with van der Waals surface area (Å²) in [7, 11) is 1.27. The molecule has 0 saturated heterocycles. The van der Waals surface area contributed by atoms with Gasteiger partial charge in [-0.2, -0.15) is 0 Å². The summed E-state index contributed by atoms with van der Waals surface area (Å²) < 4.78 is 4.33. The fraction of sp³-hybridized carbons (Fsp3) is 0.333. The van der Waals surface area contributed by atoms with E-state index in [2.05, 4.69) is 20.3 Å². The Morgan fingerprint density at radius 1 is 1.67 bits per heavy atom. The van der Waals surface area contributed by atoms with Gasteiger partial charge in [-0.25, -0.2) is 4.79 Å². The molecule has 1 heterocycles. The normalized spacial score (nSPS) is 9.42. The first-order valence-corrected chi connectivity index (χ1v) is 3.31. The summed E-state index contributed by atoms with van der Waals surface area (Å²) >= 11 is 0. The van der Waals surface area contributed by atoms with Gasteiger partial charge >= 0.3 is 6.09 Å². The van der Waals surface area contributed by atoms with Gasteiger partial charge in [0.05, 0.1) is 19.3 Å². The molecule has 3 N–H and O–H groups in total. The van der Waals surface area contributed by atoms with Crippen LogP contribution in [0.25, 0.3) is 0 Å². The zero-order valence-corrected chi connectivity index (χ0v) is 6.51. The molecule has 0 aliphatic carbocycles. The molecule has 0 radical (unpaired) electrons. The standard InChI is InChI=1S/C6H9N3O3/c1-12-6(11)7-3-4-2-5(10)9-8-4/h2H,3H2,1H3,(H,7,11)(H2,8,9,10). The molecule has 0 spiro atoms. The van der Waals surface area contributed by atoms with E-state index < -0.39 is 6.09 Å². The predicted octanol–water partition coefficient (Wildman–Crippen LogP) is -0.441. The number of nitrogens with one attached hydrogen (secondary N) is 3. The summed E-state index contributed by atoms with van der Waals surface area (Å²) in [6, 6.07) is 1.36. The van der Waals surface area contributed by atoms with Crippen molar-refractivity contribution in [2.75, 3.05) is 7.11 Å². The minimum absolute atomic E-state index is 0.225. The molecule has 1 rings (SSSR count). The van der Waals surface area contributed by atoms with Crippen molar-refractivity contribution in [2.24, 2.45) is 0 Å². The van der Waals surface area contributed by atoms with Crippen LogP contribution in [0.1, 0.15) is 5.69 Å². The van der Waals surface area contributed by atoms with Crippen LogP contribution >= 0.6 is 0 Å². The maximum atomic E-state index is 10.6. The highest BCUT2D eigenvalue weighted by atomic mass is 16.5. The van der Waals surface area contributed by atoms with Crippen molar-refractivity contribution >= 4 is 6.09 Å². The van der Waals surface area contributed by atoms with Crippen LogP contribution in [0.15, 0.2) is 10.9 Å². The van der Waals surface area contributed by atoms with E-state index in [1.807, 2.05) is 0 Å². The summed E-state index contributed by atoms with van der Waals surface area (Å²) in [4.78, 5) is 21.1. The molecule has 6 nitrogen and oxygen atoms in total. The summed E-state index contributed by atoms with van der Waals surface area (Å²) in [5.41, 5.74) is 0.377. The quantitative estimate of drug-likeness (QED) is 0.563. The molecule has 0 fully saturated rings. The number of amides is 1. The highest BCUT2D eigenvalue weighted by molar-refractivity contribution is 5.66. The smallest absolute Gasteiger partial charge is 0.407 e. The van der Waals surface area contributed by atoms with Gasteiger partial charge in [0.1, 0.15) is 0 Å². The van der Waals surface area contributed by atoms with Crippen LogP contribution in [-0.2, 0) is 11.3 Å². The number of alkyl carbamates (subject to hydrolysis) is 1. The SMILES string of the molecule is COC(=O)NCc1cc(=O)[nH][nH]1. The molecule has 0 saturated carbocycles. The maximum Gasteiger partial charge on any atom is 0.407 e. The van der Waals surface area contributed by atoms with Gasteiger partial charge < -0.3 is 15.2 Å². The summed E-state index contributed by atoms with van der Waals surface area (Å²) in [6.07, 6.45) is -0.531. The summed E-state index contributed by atoms with van der Waals surface area (Å²) in [6.45, 7) is 0.241. The summed E-state index contributed by atoms with van der Waals surface area (Å²) in [5.74, 6) is 0. The van der Waals surface area contributed by atoms with Gasteiger partial charge in [0.25, 0.3) is 5.56 Å². The number of hydrogen-bond donors (Lipinski definition) is 3. The van der Waals surface area contributed by atoms with Gasteiger partial charge in [0, 0.05) is 6.07 Å². The molecule has 0 unspecified atom stereocenters. The average molecular weight is 171 g/mol. The third kappa shape index (κ3) is 2.15. The lowest BCUT2D eigenvalue weighted by molar-refractivity contribution is 0.170. The van der Waals surface area contributed by atoms with Gasteiger partial charge in [-0.1, -0.05) is 0 Å². The third-order valence-corrected chi connectivity index (χ3v) is 1.26. The van der Waals surface area contributed by atoms with Crippen LogP contribution in [0.4, 0.5) is 4.79 Å². The van der Waals surface area contributed by atoms with Gasteiger partial charge in [-0.15, -0.1) is 0 Å². The second kappa shape index (κ2) is 3.61. The van der Waals surface area contributed by atoms with E-state index in [0.717, 1.165) is 0 Å². The van der Waals surface area contributed by atoms with Crippen molar-refractivity contribution in [3.05, 3.63) is 22.1 Å². The van der Waals surface area contributed by atoms with E-state index in [-0.39, 0.29) is 12.1 Å². The Hall–Kier alpha value is -1.72. The minimum atomic E-state index is -0.531. The molecule has 6 heteroatoms.